The topological polar surface area (TPSA) is 46.3 Å². The maximum absolute atomic E-state index is 11.3. The van der Waals surface area contributed by atoms with Gasteiger partial charge < -0.3 is 5.73 Å². The average molecular weight is 216 g/mol. The predicted molar refractivity (Wildman–Crippen MR) is 63.6 cm³/mol. The second kappa shape index (κ2) is 4.94. The SMILES string of the molecule is NC1=CC(=O)CCN(Cc2ccccc2)C1. The third-order valence-electron chi connectivity index (χ3n) is 2.68. The molecule has 0 unspecified atom stereocenters. The van der Waals surface area contributed by atoms with Crippen molar-refractivity contribution in [2.75, 3.05) is 13.1 Å². The van der Waals surface area contributed by atoms with E-state index in [2.05, 4.69) is 17.0 Å². The third kappa shape index (κ3) is 2.94. The quantitative estimate of drug-likeness (QED) is 0.810. The zero-order valence-electron chi connectivity index (χ0n) is 9.23. The molecule has 1 aromatic carbocycles. The van der Waals surface area contributed by atoms with Crippen molar-refractivity contribution in [1.82, 2.24) is 4.90 Å². The monoisotopic (exact) mass is 216 g/mol. The van der Waals surface area contributed by atoms with Crippen LogP contribution in [0.1, 0.15) is 12.0 Å². The van der Waals surface area contributed by atoms with Crippen LogP contribution in [-0.2, 0) is 11.3 Å². The van der Waals surface area contributed by atoms with Crippen LogP contribution in [0.2, 0.25) is 0 Å². The highest BCUT2D eigenvalue weighted by atomic mass is 16.1. The lowest BCUT2D eigenvalue weighted by molar-refractivity contribution is -0.114. The minimum absolute atomic E-state index is 0.132. The number of carbonyl (C=O) groups excluding carboxylic acids is 1. The van der Waals surface area contributed by atoms with Crippen LogP contribution in [0.3, 0.4) is 0 Å². The molecule has 0 saturated heterocycles. The van der Waals surface area contributed by atoms with Gasteiger partial charge in [-0.05, 0) is 5.56 Å². The van der Waals surface area contributed by atoms with E-state index >= 15 is 0 Å². The second-order valence-electron chi connectivity index (χ2n) is 4.13. The Kier molecular flexibility index (Phi) is 3.37. The van der Waals surface area contributed by atoms with E-state index in [4.69, 9.17) is 5.73 Å². The summed E-state index contributed by atoms with van der Waals surface area (Å²) in [5.74, 6) is 0.132. The van der Waals surface area contributed by atoms with Gasteiger partial charge in [0.2, 0.25) is 0 Å². The van der Waals surface area contributed by atoms with Gasteiger partial charge in [0.1, 0.15) is 0 Å². The normalized spacial score (nSPS) is 18.0. The van der Waals surface area contributed by atoms with Gasteiger partial charge in [0.15, 0.2) is 5.78 Å². The Morgan fingerprint density at radius 2 is 2.00 bits per heavy atom. The first-order valence-electron chi connectivity index (χ1n) is 5.49. The van der Waals surface area contributed by atoms with Gasteiger partial charge in [0.05, 0.1) is 0 Å². The summed E-state index contributed by atoms with van der Waals surface area (Å²) in [5, 5.41) is 0. The number of benzene rings is 1. The molecular weight excluding hydrogens is 200 g/mol. The second-order valence-corrected chi connectivity index (χ2v) is 4.13. The first-order valence-corrected chi connectivity index (χ1v) is 5.49. The van der Waals surface area contributed by atoms with Crippen LogP contribution in [0.15, 0.2) is 42.1 Å². The van der Waals surface area contributed by atoms with Crippen molar-refractivity contribution in [3.8, 4) is 0 Å². The van der Waals surface area contributed by atoms with Crippen LogP contribution in [0.5, 0.6) is 0 Å². The van der Waals surface area contributed by atoms with Gasteiger partial charge in [-0.2, -0.15) is 0 Å². The summed E-state index contributed by atoms with van der Waals surface area (Å²) in [7, 11) is 0. The van der Waals surface area contributed by atoms with Crippen LogP contribution in [0.4, 0.5) is 0 Å². The van der Waals surface area contributed by atoms with Crippen LogP contribution in [0.25, 0.3) is 0 Å². The Balaban J connectivity index is 2.01. The number of allylic oxidation sites excluding steroid dienone is 1. The lowest BCUT2D eigenvalue weighted by Gasteiger charge is -2.19. The Labute approximate surface area is 95.6 Å². The fourth-order valence-corrected chi connectivity index (χ4v) is 1.91. The Hall–Kier alpha value is -1.61. The van der Waals surface area contributed by atoms with E-state index in [0.717, 1.165) is 13.1 Å². The molecule has 3 heteroatoms. The molecule has 0 aliphatic carbocycles. The van der Waals surface area contributed by atoms with Crippen molar-refractivity contribution in [1.29, 1.82) is 0 Å². The first-order chi connectivity index (χ1) is 7.74. The smallest absolute Gasteiger partial charge is 0.158 e. The number of nitrogens with two attached hydrogens (primary N) is 1. The summed E-state index contributed by atoms with van der Waals surface area (Å²) < 4.78 is 0. The van der Waals surface area contributed by atoms with E-state index in [-0.39, 0.29) is 5.78 Å². The first kappa shape index (κ1) is 10.9. The molecule has 2 N–H and O–H groups in total. The van der Waals surface area contributed by atoms with E-state index in [1.54, 1.807) is 6.08 Å². The highest BCUT2D eigenvalue weighted by Crippen LogP contribution is 2.09. The summed E-state index contributed by atoms with van der Waals surface area (Å²) in [6.45, 7) is 2.31. The van der Waals surface area contributed by atoms with Gasteiger partial charge >= 0.3 is 0 Å². The van der Waals surface area contributed by atoms with Gasteiger partial charge in [-0.1, -0.05) is 30.3 Å². The third-order valence-corrected chi connectivity index (χ3v) is 2.68. The Morgan fingerprint density at radius 1 is 1.25 bits per heavy atom. The van der Waals surface area contributed by atoms with Crippen LogP contribution in [0, 0.1) is 0 Å². The lowest BCUT2D eigenvalue weighted by Crippen LogP contribution is -2.27. The molecule has 0 amide bonds. The molecule has 0 fully saturated rings. The summed E-state index contributed by atoms with van der Waals surface area (Å²) in [4.78, 5) is 13.5. The molecule has 1 heterocycles. The molecular formula is C13H16N2O. The van der Waals surface area contributed by atoms with Crippen molar-refractivity contribution in [2.45, 2.75) is 13.0 Å². The highest BCUT2D eigenvalue weighted by molar-refractivity contribution is 5.90. The van der Waals surface area contributed by atoms with Crippen molar-refractivity contribution in [2.24, 2.45) is 5.73 Å². The van der Waals surface area contributed by atoms with Gasteiger partial charge in [-0.3, -0.25) is 9.69 Å². The minimum atomic E-state index is 0.132. The number of nitrogens with zero attached hydrogens (tertiary/aromatic N) is 1. The standard InChI is InChI=1S/C13H16N2O/c14-12-8-13(16)6-7-15(10-12)9-11-4-2-1-3-5-11/h1-5,8H,6-7,9-10,14H2. The number of hydrogen-bond donors (Lipinski definition) is 1. The molecule has 16 heavy (non-hydrogen) atoms. The number of rotatable bonds is 2. The van der Waals surface area contributed by atoms with Crippen molar-refractivity contribution < 1.29 is 4.79 Å². The Bertz CT molecular complexity index is 398. The van der Waals surface area contributed by atoms with E-state index < -0.39 is 0 Å². The Morgan fingerprint density at radius 3 is 2.75 bits per heavy atom. The fourth-order valence-electron chi connectivity index (χ4n) is 1.91. The minimum Gasteiger partial charge on any atom is -0.401 e. The summed E-state index contributed by atoms with van der Waals surface area (Å²) in [5.41, 5.74) is 7.69. The van der Waals surface area contributed by atoms with Gasteiger partial charge in [-0.15, -0.1) is 0 Å². The molecule has 84 valence electrons. The van der Waals surface area contributed by atoms with E-state index in [1.807, 2.05) is 18.2 Å². The molecule has 1 aliphatic heterocycles. The number of hydrogen-bond acceptors (Lipinski definition) is 3. The van der Waals surface area contributed by atoms with Gasteiger partial charge in [-0.25, -0.2) is 0 Å². The maximum Gasteiger partial charge on any atom is 0.158 e. The molecule has 1 aromatic rings. The molecule has 0 saturated carbocycles. The van der Waals surface area contributed by atoms with E-state index in [9.17, 15) is 4.79 Å². The summed E-state index contributed by atoms with van der Waals surface area (Å²) in [6.07, 6.45) is 2.12. The molecule has 2 rings (SSSR count). The molecule has 1 aliphatic rings. The largest absolute Gasteiger partial charge is 0.401 e. The fraction of sp³-hybridized carbons (Fsp3) is 0.308. The molecule has 0 radical (unpaired) electrons. The number of carbonyl (C=O) groups is 1. The lowest BCUT2D eigenvalue weighted by atomic mass is 10.2. The predicted octanol–water partition coefficient (Wildman–Crippen LogP) is 1.30. The molecule has 0 atom stereocenters. The highest BCUT2D eigenvalue weighted by Gasteiger charge is 2.13. The maximum atomic E-state index is 11.3. The van der Waals surface area contributed by atoms with Crippen molar-refractivity contribution >= 4 is 5.78 Å². The average Bonchev–Trinajstić information content (AvgIpc) is 2.41. The van der Waals surface area contributed by atoms with Crippen LogP contribution < -0.4 is 5.73 Å². The van der Waals surface area contributed by atoms with E-state index in [1.165, 1.54) is 5.56 Å². The molecule has 3 nitrogen and oxygen atoms in total. The van der Waals surface area contributed by atoms with Crippen molar-refractivity contribution in [3.05, 3.63) is 47.7 Å². The summed E-state index contributed by atoms with van der Waals surface area (Å²) >= 11 is 0. The van der Waals surface area contributed by atoms with E-state index in [0.29, 0.717) is 18.7 Å². The zero-order chi connectivity index (χ0) is 11.4. The van der Waals surface area contributed by atoms with Gasteiger partial charge in [0, 0.05) is 37.8 Å². The summed E-state index contributed by atoms with van der Waals surface area (Å²) in [6, 6.07) is 10.2. The number of ketones is 1. The van der Waals surface area contributed by atoms with Crippen LogP contribution >= 0.6 is 0 Å². The van der Waals surface area contributed by atoms with Gasteiger partial charge in [0.25, 0.3) is 0 Å². The molecule has 0 aromatic heterocycles. The van der Waals surface area contributed by atoms with Crippen LogP contribution in [-0.4, -0.2) is 23.8 Å². The zero-order valence-corrected chi connectivity index (χ0v) is 9.23. The molecule has 0 spiro atoms. The van der Waals surface area contributed by atoms with Crippen molar-refractivity contribution in [3.63, 3.8) is 0 Å². The molecule has 0 bridgehead atoms.